The second kappa shape index (κ2) is 9.20. The highest BCUT2D eigenvalue weighted by atomic mass is 16.2. The number of nitrogens with two attached hydrogens (primary N) is 1. The van der Waals surface area contributed by atoms with E-state index in [0.717, 1.165) is 17.5 Å². The zero-order valence-corrected chi connectivity index (χ0v) is 18.2. The summed E-state index contributed by atoms with van der Waals surface area (Å²) in [6.07, 6.45) is 1.62. The summed E-state index contributed by atoms with van der Waals surface area (Å²) in [5.74, 6) is -1.11. The number of nitrogens with one attached hydrogen (secondary N) is 1. The van der Waals surface area contributed by atoms with Crippen LogP contribution in [-0.4, -0.2) is 39.9 Å². The summed E-state index contributed by atoms with van der Waals surface area (Å²) in [5, 5.41) is 0. The molecular weight excluding hydrogens is 398 g/mol. The Morgan fingerprint density at radius 1 is 1.23 bits per heavy atom. The van der Waals surface area contributed by atoms with Gasteiger partial charge in [-0.1, -0.05) is 43.2 Å². The van der Waals surface area contributed by atoms with Crippen LogP contribution in [0, 0.1) is 12.8 Å². The van der Waals surface area contributed by atoms with Crippen molar-refractivity contribution in [1.29, 1.82) is 0 Å². The van der Waals surface area contributed by atoms with E-state index in [-0.39, 0.29) is 36.3 Å². The normalized spacial score (nSPS) is 16.0. The number of aromatic amines is 1. The maximum atomic E-state index is 13.1. The van der Waals surface area contributed by atoms with E-state index in [0.29, 0.717) is 19.5 Å². The lowest BCUT2D eigenvalue weighted by Crippen LogP contribution is -2.42. The number of carbonyl (C=O) groups excluding carboxylic acids is 2. The molecule has 3 N–H and O–H groups in total. The molecule has 9 nitrogen and oxygen atoms in total. The SMILES string of the molecule is CCCCn1c(N)c(N(C)C(=O)[C@@H]2CC(=O)N(Cc3ccc(C)cc3)C2)c(=O)[nH]c1=O. The molecule has 2 amide bonds. The summed E-state index contributed by atoms with van der Waals surface area (Å²) in [6.45, 7) is 5.01. The predicted octanol–water partition coefficient (Wildman–Crippen LogP) is 1.24. The zero-order chi connectivity index (χ0) is 22.7. The van der Waals surface area contributed by atoms with Crippen molar-refractivity contribution in [2.45, 2.75) is 46.2 Å². The van der Waals surface area contributed by atoms with Crippen molar-refractivity contribution in [2.24, 2.45) is 5.92 Å². The third-order valence-electron chi connectivity index (χ3n) is 5.67. The summed E-state index contributed by atoms with van der Waals surface area (Å²) in [6, 6.07) is 7.89. The van der Waals surface area contributed by atoms with Crippen LogP contribution in [0.4, 0.5) is 11.5 Å². The van der Waals surface area contributed by atoms with Gasteiger partial charge in [-0.25, -0.2) is 4.79 Å². The van der Waals surface area contributed by atoms with Gasteiger partial charge in [0.05, 0.1) is 5.92 Å². The number of H-pyrrole nitrogens is 1. The van der Waals surface area contributed by atoms with Crippen LogP contribution in [-0.2, 0) is 22.7 Å². The third-order valence-corrected chi connectivity index (χ3v) is 5.67. The number of carbonyl (C=O) groups is 2. The molecule has 0 spiro atoms. The molecule has 9 heteroatoms. The molecule has 1 aromatic heterocycles. The minimum Gasteiger partial charge on any atom is -0.383 e. The van der Waals surface area contributed by atoms with Gasteiger partial charge in [-0.2, -0.15) is 0 Å². The van der Waals surface area contributed by atoms with Crippen LogP contribution in [0.1, 0.15) is 37.3 Å². The maximum absolute atomic E-state index is 13.1. The number of nitrogen functional groups attached to an aromatic ring is 1. The first kappa shape index (κ1) is 22.3. The van der Waals surface area contributed by atoms with Crippen molar-refractivity contribution in [3.8, 4) is 0 Å². The second-order valence-corrected chi connectivity index (χ2v) is 8.06. The highest BCUT2D eigenvalue weighted by Gasteiger charge is 2.37. The summed E-state index contributed by atoms with van der Waals surface area (Å²) in [7, 11) is 1.45. The van der Waals surface area contributed by atoms with E-state index in [2.05, 4.69) is 4.98 Å². The van der Waals surface area contributed by atoms with E-state index in [1.807, 2.05) is 38.1 Å². The molecule has 0 bridgehead atoms. The molecule has 2 aromatic rings. The number of aryl methyl sites for hydroxylation is 1. The summed E-state index contributed by atoms with van der Waals surface area (Å²) in [5.41, 5.74) is 6.85. The Morgan fingerprint density at radius 2 is 1.90 bits per heavy atom. The standard InChI is InChI=1S/C22H29N5O4/c1-4-5-10-27-19(23)18(20(29)24-22(27)31)25(3)21(30)16-11-17(28)26(13-16)12-15-8-6-14(2)7-9-15/h6-9,16H,4-5,10-13,23H2,1-3H3,(H,24,29,31)/t16-/m1/s1. The van der Waals surface area contributed by atoms with Crippen LogP contribution in [0.3, 0.4) is 0 Å². The maximum Gasteiger partial charge on any atom is 0.330 e. The van der Waals surface area contributed by atoms with E-state index < -0.39 is 17.2 Å². The lowest BCUT2D eigenvalue weighted by molar-refractivity contribution is -0.128. The average molecular weight is 428 g/mol. The van der Waals surface area contributed by atoms with E-state index in [1.54, 1.807) is 4.90 Å². The Bertz CT molecular complexity index is 1090. The molecule has 1 aliphatic heterocycles. The predicted molar refractivity (Wildman–Crippen MR) is 119 cm³/mol. The lowest BCUT2D eigenvalue weighted by Gasteiger charge is -2.23. The Balaban J connectivity index is 1.78. The summed E-state index contributed by atoms with van der Waals surface area (Å²) < 4.78 is 1.27. The number of amides is 2. The monoisotopic (exact) mass is 427 g/mol. The van der Waals surface area contributed by atoms with E-state index >= 15 is 0 Å². The number of unbranched alkanes of at least 4 members (excludes halogenated alkanes) is 1. The summed E-state index contributed by atoms with van der Waals surface area (Å²) >= 11 is 0. The van der Waals surface area contributed by atoms with Gasteiger partial charge in [0.2, 0.25) is 11.8 Å². The second-order valence-electron chi connectivity index (χ2n) is 8.06. The van der Waals surface area contributed by atoms with Crippen LogP contribution in [0.5, 0.6) is 0 Å². The number of anilines is 2. The Morgan fingerprint density at radius 3 is 2.55 bits per heavy atom. The van der Waals surface area contributed by atoms with Crippen molar-refractivity contribution >= 4 is 23.3 Å². The minimum absolute atomic E-state index is 0.0427. The molecule has 2 heterocycles. The molecule has 3 rings (SSSR count). The average Bonchev–Trinajstić information content (AvgIpc) is 3.09. The van der Waals surface area contributed by atoms with Gasteiger partial charge >= 0.3 is 5.69 Å². The van der Waals surface area contributed by atoms with Crippen LogP contribution in [0.2, 0.25) is 0 Å². The van der Waals surface area contributed by atoms with Crippen molar-refractivity contribution < 1.29 is 9.59 Å². The first-order valence-corrected chi connectivity index (χ1v) is 10.5. The fourth-order valence-electron chi connectivity index (χ4n) is 3.83. The molecule has 0 aliphatic carbocycles. The highest BCUT2D eigenvalue weighted by Crippen LogP contribution is 2.25. The van der Waals surface area contributed by atoms with Gasteiger partial charge < -0.3 is 15.5 Å². The molecule has 31 heavy (non-hydrogen) atoms. The quantitative estimate of drug-likeness (QED) is 0.689. The molecule has 0 unspecified atom stereocenters. The number of hydrogen-bond donors (Lipinski definition) is 2. The van der Waals surface area contributed by atoms with Gasteiger partial charge in [-0.05, 0) is 18.9 Å². The first-order valence-electron chi connectivity index (χ1n) is 10.5. The number of nitrogens with zero attached hydrogens (tertiary/aromatic N) is 3. The van der Waals surface area contributed by atoms with E-state index in [9.17, 15) is 19.2 Å². The van der Waals surface area contributed by atoms with Crippen molar-refractivity contribution in [1.82, 2.24) is 14.5 Å². The van der Waals surface area contributed by atoms with Gasteiger partial charge in [-0.3, -0.25) is 23.9 Å². The zero-order valence-electron chi connectivity index (χ0n) is 18.2. The van der Waals surface area contributed by atoms with Crippen molar-refractivity contribution in [3.63, 3.8) is 0 Å². The third kappa shape index (κ3) is 4.70. The number of aromatic nitrogens is 2. The van der Waals surface area contributed by atoms with E-state index in [4.69, 9.17) is 5.73 Å². The largest absolute Gasteiger partial charge is 0.383 e. The Labute approximate surface area is 180 Å². The highest BCUT2D eigenvalue weighted by molar-refractivity contribution is 6.00. The van der Waals surface area contributed by atoms with Crippen molar-refractivity contribution in [3.05, 3.63) is 56.2 Å². The molecule has 0 saturated carbocycles. The Kier molecular flexibility index (Phi) is 6.62. The van der Waals surface area contributed by atoms with Crippen LogP contribution in [0.15, 0.2) is 33.9 Å². The summed E-state index contributed by atoms with van der Waals surface area (Å²) in [4.78, 5) is 55.2. The topological polar surface area (TPSA) is 121 Å². The molecule has 166 valence electrons. The van der Waals surface area contributed by atoms with Gasteiger partial charge in [-0.15, -0.1) is 0 Å². The molecule has 1 fully saturated rings. The molecular formula is C22H29N5O4. The van der Waals surface area contributed by atoms with Gasteiger partial charge in [0.1, 0.15) is 5.82 Å². The molecule has 1 atom stereocenters. The molecule has 1 saturated heterocycles. The first-order chi connectivity index (χ1) is 14.7. The minimum atomic E-state index is -0.716. The Hall–Kier alpha value is -3.36. The van der Waals surface area contributed by atoms with Crippen LogP contribution in [0.25, 0.3) is 0 Å². The van der Waals surface area contributed by atoms with Crippen molar-refractivity contribution in [2.75, 3.05) is 24.2 Å². The molecule has 0 radical (unpaired) electrons. The fraction of sp³-hybridized carbons (Fsp3) is 0.455. The smallest absolute Gasteiger partial charge is 0.330 e. The van der Waals surface area contributed by atoms with Gasteiger partial charge in [0.15, 0.2) is 5.69 Å². The number of likely N-dealkylation sites (tertiary alicyclic amines) is 1. The number of hydrogen-bond acceptors (Lipinski definition) is 5. The van der Waals surface area contributed by atoms with Gasteiger partial charge in [0, 0.05) is 33.1 Å². The van der Waals surface area contributed by atoms with E-state index in [1.165, 1.54) is 16.5 Å². The lowest BCUT2D eigenvalue weighted by atomic mass is 10.1. The number of rotatable bonds is 7. The number of benzene rings is 1. The molecule has 1 aliphatic rings. The van der Waals surface area contributed by atoms with Gasteiger partial charge in [0.25, 0.3) is 5.56 Å². The van der Waals surface area contributed by atoms with Crippen LogP contribution < -0.4 is 21.9 Å². The fourth-order valence-corrected chi connectivity index (χ4v) is 3.83. The van der Waals surface area contributed by atoms with Crippen LogP contribution >= 0.6 is 0 Å². The molecule has 1 aromatic carbocycles.